The summed E-state index contributed by atoms with van der Waals surface area (Å²) in [5, 5.41) is 5.12. The van der Waals surface area contributed by atoms with Crippen molar-refractivity contribution in [2.24, 2.45) is 9.98 Å². The van der Waals surface area contributed by atoms with Gasteiger partial charge in [-0.25, -0.2) is 13.8 Å². The maximum atomic E-state index is 13.8. The van der Waals surface area contributed by atoms with Gasteiger partial charge in [0.25, 0.3) is 11.8 Å². The Kier molecular flexibility index (Phi) is 9.62. The molecule has 2 heterocycles. The highest BCUT2D eigenvalue weighted by Gasteiger charge is 2.16. The molecule has 1 aromatic carbocycles. The van der Waals surface area contributed by atoms with Gasteiger partial charge in [-0.1, -0.05) is 18.2 Å². The van der Waals surface area contributed by atoms with Crippen LogP contribution in [-0.2, 0) is 0 Å². The van der Waals surface area contributed by atoms with Crippen LogP contribution in [0.25, 0.3) is 0 Å². The van der Waals surface area contributed by atoms with Gasteiger partial charge in [0.15, 0.2) is 0 Å². The Labute approximate surface area is 189 Å². The van der Waals surface area contributed by atoms with E-state index in [0.717, 1.165) is 17.9 Å². The number of nitrogens with zero attached hydrogens (tertiary/aromatic N) is 2. The van der Waals surface area contributed by atoms with Crippen molar-refractivity contribution in [2.45, 2.75) is 26.8 Å². The molecule has 1 aliphatic heterocycles. The predicted molar refractivity (Wildman–Crippen MR) is 126 cm³/mol. The number of nitrogens with one attached hydrogen (secondary N) is 2. The van der Waals surface area contributed by atoms with Gasteiger partial charge in [-0.3, -0.25) is 14.6 Å². The van der Waals surface area contributed by atoms with Crippen molar-refractivity contribution in [3.63, 3.8) is 0 Å². The Balaban J connectivity index is 0.000000636. The number of carbonyl (C=O) groups is 2. The zero-order chi connectivity index (χ0) is 23.5. The topological polar surface area (TPSA) is 82.9 Å². The monoisotopic (exact) mass is 458 g/mol. The molecule has 9 heteroatoms. The first-order valence-electron chi connectivity index (χ1n) is 9.79. The van der Waals surface area contributed by atoms with Crippen LogP contribution in [0.15, 0.2) is 69.9 Å². The van der Waals surface area contributed by atoms with E-state index in [-0.39, 0.29) is 10.6 Å². The largest absolute Gasteiger partial charge is 0.345 e. The number of carbonyl (C=O) groups excluding carboxylic acids is 2. The third kappa shape index (κ3) is 7.66. The number of aliphatic imine (C=N–C) groups is 2. The van der Waals surface area contributed by atoms with Crippen molar-refractivity contribution in [3.05, 3.63) is 75.5 Å². The standard InChI is InChI=1S/C20H20F2N2O2S.C3H4N2/c1-4-12(2)15(22)11-13(3)23-19(25)17-9-10-18(27-17)20(26)24-16-8-6-5-7-14(16)21;1-2-5-3-4-1/h4-11,13H,1-3H3,(H,23,25)(H,24,26);1,3H,2H2/b12-4-,15-11+;. The molecule has 2 N–H and O–H groups in total. The summed E-state index contributed by atoms with van der Waals surface area (Å²) < 4.78 is 27.4. The summed E-state index contributed by atoms with van der Waals surface area (Å²) in [6.07, 6.45) is 6.27. The van der Waals surface area contributed by atoms with Crippen LogP contribution in [-0.4, -0.2) is 37.0 Å². The number of thiophene rings is 1. The van der Waals surface area contributed by atoms with Gasteiger partial charge in [0, 0.05) is 12.3 Å². The number of allylic oxidation sites excluding steroid dienone is 3. The Bertz CT molecular complexity index is 1060. The smallest absolute Gasteiger partial charge is 0.265 e. The van der Waals surface area contributed by atoms with E-state index in [2.05, 4.69) is 20.6 Å². The van der Waals surface area contributed by atoms with E-state index >= 15 is 0 Å². The fourth-order valence-electron chi connectivity index (χ4n) is 2.37. The molecule has 0 saturated carbocycles. The van der Waals surface area contributed by atoms with Gasteiger partial charge in [0.05, 0.1) is 22.0 Å². The molecule has 0 aliphatic carbocycles. The van der Waals surface area contributed by atoms with Gasteiger partial charge < -0.3 is 10.6 Å². The average molecular weight is 459 g/mol. The van der Waals surface area contributed by atoms with E-state index in [9.17, 15) is 18.4 Å². The van der Waals surface area contributed by atoms with Crippen LogP contribution in [0.3, 0.4) is 0 Å². The Morgan fingerprint density at radius 3 is 2.41 bits per heavy atom. The molecule has 0 saturated heterocycles. The maximum absolute atomic E-state index is 13.8. The first-order chi connectivity index (χ1) is 15.3. The number of benzene rings is 1. The van der Waals surface area contributed by atoms with Crippen molar-refractivity contribution >= 4 is 41.4 Å². The molecule has 2 amide bonds. The number of rotatable bonds is 6. The molecule has 1 unspecified atom stereocenters. The lowest BCUT2D eigenvalue weighted by molar-refractivity contribution is 0.0950. The quantitative estimate of drug-likeness (QED) is 0.585. The molecule has 0 radical (unpaired) electrons. The molecule has 0 spiro atoms. The second kappa shape index (κ2) is 12.4. The fraction of sp³-hybridized carbons (Fsp3) is 0.217. The molecule has 1 atom stereocenters. The minimum atomic E-state index is -0.542. The third-order valence-corrected chi connectivity index (χ3v) is 5.26. The second-order valence-electron chi connectivity index (χ2n) is 6.66. The van der Waals surface area contributed by atoms with Crippen LogP contribution in [0.2, 0.25) is 0 Å². The molecule has 3 rings (SSSR count). The van der Waals surface area contributed by atoms with Crippen LogP contribution in [0, 0.1) is 5.82 Å². The van der Waals surface area contributed by atoms with E-state index < -0.39 is 29.5 Å². The highest BCUT2D eigenvalue weighted by molar-refractivity contribution is 7.16. The van der Waals surface area contributed by atoms with Crippen LogP contribution < -0.4 is 10.6 Å². The van der Waals surface area contributed by atoms with Gasteiger partial charge in [-0.15, -0.1) is 11.3 Å². The molecule has 0 fully saturated rings. The highest BCUT2D eigenvalue weighted by atomic mass is 32.1. The summed E-state index contributed by atoms with van der Waals surface area (Å²) >= 11 is 0.974. The average Bonchev–Trinajstić information content (AvgIpc) is 3.49. The van der Waals surface area contributed by atoms with Crippen molar-refractivity contribution in [3.8, 4) is 0 Å². The van der Waals surface area contributed by atoms with Gasteiger partial charge in [-0.05, 0) is 56.7 Å². The van der Waals surface area contributed by atoms with Crippen molar-refractivity contribution in [1.82, 2.24) is 5.32 Å². The van der Waals surface area contributed by atoms with Gasteiger partial charge >= 0.3 is 0 Å². The fourth-order valence-corrected chi connectivity index (χ4v) is 3.18. The SMILES string of the molecule is C/C=C(C)\C(F)=C/C(C)NC(=O)c1ccc(C(=O)Nc2ccccc2F)s1.C1=NC=NC1. The molecular weight excluding hydrogens is 434 g/mol. The zero-order valence-electron chi connectivity index (χ0n) is 17.9. The van der Waals surface area contributed by atoms with Gasteiger partial charge in [0.2, 0.25) is 0 Å². The minimum Gasteiger partial charge on any atom is -0.345 e. The molecule has 6 nitrogen and oxygen atoms in total. The molecule has 1 aliphatic rings. The predicted octanol–water partition coefficient (Wildman–Crippen LogP) is 5.18. The van der Waals surface area contributed by atoms with Crippen LogP contribution in [0.4, 0.5) is 14.5 Å². The number of anilines is 1. The summed E-state index contributed by atoms with van der Waals surface area (Å²) in [4.78, 5) is 32.5. The van der Waals surface area contributed by atoms with E-state index in [1.807, 2.05) is 0 Å². The minimum absolute atomic E-state index is 0.0653. The summed E-state index contributed by atoms with van der Waals surface area (Å²) in [7, 11) is 0. The molecule has 2 aromatic rings. The summed E-state index contributed by atoms with van der Waals surface area (Å²) in [6.45, 7) is 5.80. The Morgan fingerprint density at radius 1 is 1.16 bits per heavy atom. The van der Waals surface area contributed by atoms with E-state index in [0.29, 0.717) is 10.5 Å². The van der Waals surface area contributed by atoms with Crippen molar-refractivity contribution < 1.29 is 18.4 Å². The number of para-hydroxylation sites is 1. The number of hydrogen-bond acceptors (Lipinski definition) is 5. The highest BCUT2D eigenvalue weighted by Crippen LogP contribution is 2.20. The molecule has 0 bridgehead atoms. The van der Waals surface area contributed by atoms with E-state index in [1.165, 1.54) is 36.4 Å². The lowest BCUT2D eigenvalue weighted by Gasteiger charge is -2.09. The van der Waals surface area contributed by atoms with Crippen LogP contribution in [0.1, 0.15) is 40.1 Å². The van der Waals surface area contributed by atoms with E-state index in [4.69, 9.17) is 0 Å². The van der Waals surface area contributed by atoms with Crippen LogP contribution >= 0.6 is 11.3 Å². The molecular formula is C23H24F2N4O2S. The molecule has 1 aromatic heterocycles. The molecule has 168 valence electrons. The Hall–Kier alpha value is -3.46. The summed E-state index contributed by atoms with van der Waals surface area (Å²) in [5.74, 6) is -1.87. The van der Waals surface area contributed by atoms with Gasteiger partial charge in [-0.2, -0.15) is 0 Å². The summed E-state index contributed by atoms with van der Waals surface area (Å²) in [5.41, 5.74) is 0.551. The number of hydrogen-bond donors (Lipinski definition) is 2. The van der Waals surface area contributed by atoms with Crippen molar-refractivity contribution in [1.29, 1.82) is 0 Å². The number of amides is 2. The first-order valence-corrected chi connectivity index (χ1v) is 10.6. The lowest BCUT2D eigenvalue weighted by atomic mass is 10.2. The Morgan fingerprint density at radius 2 is 1.84 bits per heavy atom. The van der Waals surface area contributed by atoms with E-state index in [1.54, 1.807) is 45.5 Å². The van der Waals surface area contributed by atoms with Crippen molar-refractivity contribution in [2.75, 3.05) is 11.9 Å². The third-order valence-electron chi connectivity index (χ3n) is 4.18. The normalized spacial score (nSPS) is 13.9. The lowest BCUT2D eigenvalue weighted by Crippen LogP contribution is -2.30. The van der Waals surface area contributed by atoms with Gasteiger partial charge in [0.1, 0.15) is 18.0 Å². The first kappa shape index (κ1) is 24.8. The van der Waals surface area contributed by atoms with Crippen LogP contribution in [0.5, 0.6) is 0 Å². The second-order valence-corrected chi connectivity index (χ2v) is 7.74. The summed E-state index contributed by atoms with van der Waals surface area (Å²) in [6, 6.07) is 8.28. The molecule has 32 heavy (non-hydrogen) atoms. The maximum Gasteiger partial charge on any atom is 0.265 e. The zero-order valence-corrected chi connectivity index (χ0v) is 18.7. The number of halogens is 2.